The molecule has 2 rings (SSSR count). The summed E-state index contributed by atoms with van der Waals surface area (Å²) in [6.45, 7) is 5.50. The van der Waals surface area contributed by atoms with E-state index in [1.165, 1.54) is 11.6 Å². The van der Waals surface area contributed by atoms with Crippen molar-refractivity contribution in [2.75, 3.05) is 0 Å². The molecule has 2 aromatic carbocycles. The van der Waals surface area contributed by atoms with Crippen LogP contribution < -0.4 is 10.1 Å². The molecule has 2 aromatic rings. The van der Waals surface area contributed by atoms with Gasteiger partial charge in [0.05, 0.1) is 4.47 Å². The molecule has 1 N–H and O–H groups in total. The summed E-state index contributed by atoms with van der Waals surface area (Å²) < 4.78 is 19.5. The molecule has 0 aliphatic carbocycles. The van der Waals surface area contributed by atoms with Gasteiger partial charge >= 0.3 is 0 Å². The predicted octanol–water partition coefficient (Wildman–Crippen LogP) is 4.67. The topological polar surface area (TPSA) is 21.3 Å². The number of hydrogen-bond donors (Lipinski definition) is 1. The monoisotopic (exact) mass is 351 g/mol. The Kier molecular flexibility index (Phi) is 5.76. The van der Waals surface area contributed by atoms with Gasteiger partial charge in [-0.1, -0.05) is 38.1 Å². The van der Waals surface area contributed by atoms with Gasteiger partial charge in [0, 0.05) is 18.7 Å². The Morgan fingerprint density at radius 3 is 2.62 bits per heavy atom. The number of benzene rings is 2. The van der Waals surface area contributed by atoms with E-state index >= 15 is 0 Å². The first-order valence-electron chi connectivity index (χ1n) is 6.93. The third-order valence-electron chi connectivity index (χ3n) is 3.00. The lowest BCUT2D eigenvalue weighted by Gasteiger charge is -2.10. The Balaban J connectivity index is 1.96. The van der Waals surface area contributed by atoms with Crippen molar-refractivity contribution in [3.8, 4) is 5.75 Å². The van der Waals surface area contributed by atoms with Crippen molar-refractivity contribution >= 4 is 15.9 Å². The maximum absolute atomic E-state index is 13.4. The molecule has 0 saturated carbocycles. The molecule has 0 bridgehead atoms. The second-order valence-electron chi connectivity index (χ2n) is 5.22. The molecule has 0 aliphatic rings. The maximum Gasteiger partial charge on any atom is 0.141 e. The van der Waals surface area contributed by atoms with Crippen molar-refractivity contribution in [1.82, 2.24) is 5.32 Å². The second kappa shape index (κ2) is 7.57. The SMILES string of the molecule is CC(C)NCc1cccc(COc2ccc(Br)c(F)c2)c1. The summed E-state index contributed by atoms with van der Waals surface area (Å²) in [5.41, 5.74) is 2.29. The number of hydrogen-bond acceptors (Lipinski definition) is 2. The van der Waals surface area contributed by atoms with Crippen LogP contribution in [-0.4, -0.2) is 6.04 Å². The highest BCUT2D eigenvalue weighted by Gasteiger charge is 2.03. The summed E-state index contributed by atoms with van der Waals surface area (Å²) in [6.07, 6.45) is 0. The average Bonchev–Trinajstić information content (AvgIpc) is 2.47. The van der Waals surface area contributed by atoms with Crippen LogP contribution in [0.3, 0.4) is 0 Å². The van der Waals surface area contributed by atoms with Gasteiger partial charge in [0.25, 0.3) is 0 Å². The number of rotatable bonds is 6. The predicted molar refractivity (Wildman–Crippen MR) is 86.8 cm³/mol. The van der Waals surface area contributed by atoms with E-state index in [1.54, 1.807) is 12.1 Å². The van der Waals surface area contributed by atoms with Crippen LogP contribution in [0.1, 0.15) is 25.0 Å². The van der Waals surface area contributed by atoms with Crippen LogP contribution in [0, 0.1) is 5.82 Å². The molecule has 0 radical (unpaired) electrons. The van der Waals surface area contributed by atoms with Crippen molar-refractivity contribution in [2.24, 2.45) is 0 Å². The Labute approximate surface area is 133 Å². The molecule has 0 atom stereocenters. The minimum atomic E-state index is -0.317. The van der Waals surface area contributed by atoms with E-state index in [9.17, 15) is 4.39 Å². The van der Waals surface area contributed by atoms with Gasteiger partial charge in [0.1, 0.15) is 18.2 Å². The first-order valence-corrected chi connectivity index (χ1v) is 7.73. The zero-order valence-electron chi connectivity index (χ0n) is 12.2. The quantitative estimate of drug-likeness (QED) is 0.816. The highest BCUT2D eigenvalue weighted by molar-refractivity contribution is 9.10. The molecule has 4 heteroatoms. The van der Waals surface area contributed by atoms with Gasteiger partial charge in [-0.25, -0.2) is 4.39 Å². The van der Waals surface area contributed by atoms with Gasteiger partial charge in [-0.2, -0.15) is 0 Å². The van der Waals surface area contributed by atoms with Crippen molar-refractivity contribution in [3.05, 3.63) is 63.9 Å². The van der Waals surface area contributed by atoms with Crippen LogP contribution in [0.2, 0.25) is 0 Å². The van der Waals surface area contributed by atoms with E-state index in [0.29, 0.717) is 22.9 Å². The molecule has 21 heavy (non-hydrogen) atoms. The Morgan fingerprint density at radius 2 is 1.90 bits per heavy atom. The zero-order valence-corrected chi connectivity index (χ0v) is 13.8. The Bertz CT molecular complexity index is 601. The second-order valence-corrected chi connectivity index (χ2v) is 6.07. The molecule has 0 spiro atoms. The van der Waals surface area contributed by atoms with Gasteiger partial charge < -0.3 is 10.1 Å². The van der Waals surface area contributed by atoms with E-state index in [4.69, 9.17) is 4.74 Å². The summed E-state index contributed by atoms with van der Waals surface area (Å²) in [5, 5.41) is 3.38. The summed E-state index contributed by atoms with van der Waals surface area (Å²) in [7, 11) is 0. The summed E-state index contributed by atoms with van der Waals surface area (Å²) in [4.78, 5) is 0. The molecule has 0 saturated heterocycles. The fourth-order valence-corrected chi connectivity index (χ4v) is 2.13. The fourth-order valence-electron chi connectivity index (χ4n) is 1.88. The summed E-state index contributed by atoms with van der Waals surface area (Å²) in [5.74, 6) is 0.212. The highest BCUT2D eigenvalue weighted by atomic mass is 79.9. The molecule has 0 unspecified atom stereocenters. The highest BCUT2D eigenvalue weighted by Crippen LogP contribution is 2.21. The summed E-state index contributed by atoms with van der Waals surface area (Å²) >= 11 is 3.13. The first-order chi connectivity index (χ1) is 10.0. The first kappa shape index (κ1) is 16.0. The third-order valence-corrected chi connectivity index (χ3v) is 3.65. The smallest absolute Gasteiger partial charge is 0.141 e. The normalized spacial score (nSPS) is 10.9. The number of nitrogens with one attached hydrogen (secondary N) is 1. The van der Waals surface area contributed by atoms with Crippen molar-refractivity contribution in [2.45, 2.75) is 33.0 Å². The maximum atomic E-state index is 13.4. The molecule has 0 amide bonds. The van der Waals surface area contributed by atoms with E-state index in [2.05, 4.69) is 47.2 Å². The Morgan fingerprint density at radius 1 is 1.14 bits per heavy atom. The van der Waals surface area contributed by atoms with Gasteiger partial charge in [-0.05, 0) is 39.2 Å². The lowest BCUT2D eigenvalue weighted by molar-refractivity contribution is 0.304. The molecule has 112 valence electrons. The van der Waals surface area contributed by atoms with E-state index in [0.717, 1.165) is 12.1 Å². The minimum Gasteiger partial charge on any atom is -0.489 e. The molecule has 0 aromatic heterocycles. The molecular formula is C17H19BrFNO. The number of halogens is 2. The van der Waals surface area contributed by atoms with Crippen LogP contribution in [0.25, 0.3) is 0 Å². The van der Waals surface area contributed by atoms with Crippen molar-refractivity contribution < 1.29 is 9.13 Å². The molecule has 0 aliphatic heterocycles. The van der Waals surface area contributed by atoms with Gasteiger partial charge in [-0.3, -0.25) is 0 Å². The zero-order chi connectivity index (χ0) is 15.2. The minimum absolute atomic E-state index is 0.317. The molecule has 0 fully saturated rings. The average molecular weight is 352 g/mol. The van der Waals surface area contributed by atoms with Crippen molar-refractivity contribution in [1.29, 1.82) is 0 Å². The van der Waals surface area contributed by atoms with E-state index in [1.807, 2.05) is 12.1 Å². The lowest BCUT2D eigenvalue weighted by Crippen LogP contribution is -2.21. The molecule has 0 heterocycles. The van der Waals surface area contributed by atoms with Crippen LogP contribution in [-0.2, 0) is 13.2 Å². The molecule has 2 nitrogen and oxygen atoms in total. The van der Waals surface area contributed by atoms with Crippen LogP contribution in [0.4, 0.5) is 4.39 Å². The van der Waals surface area contributed by atoms with Crippen molar-refractivity contribution in [3.63, 3.8) is 0 Å². The Hall–Kier alpha value is -1.39. The van der Waals surface area contributed by atoms with Gasteiger partial charge in [-0.15, -0.1) is 0 Å². The van der Waals surface area contributed by atoms with E-state index < -0.39 is 0 Å². The molecular weight excluding hydrogens is 333 g/mol. The van der Waals surface area contributed by atoms with Gasteiger partial charge in [0.15, 0.2) is 0 Å². The van der Waals surface area contributed by atoms with Crippen LogP contribution >= 0.6 is 15.9 Å². The summed E-state index contributed by atoms with van der Waals surface area (Å²) in [6, 6.07) is 13.4. The van der Waals surface area contributed by atoms with Gasteiger partial charge in [0.2, 0.25) is 0 Å². The lowest BCUT2D eigenvalue weighted by atomic mass is 10.1. The number of ether oxygens (including phenoxy) is 1. The largest absolute Gasteiger partial charge is 0.489 e. The third kappa shape index (κ3) is 5.14. The van der Waals surface area contributed by atoms with Crippen LogP contribution in [0.5, 0.6) is 5.75 Å². The van der Waals surface area contributed by atoms with Crippen LogP contribution in [0.15, 0.2) is 46.9 Å². The van der Waals surface area contributed by atoms with E-state index in [-0.39, 0.29) is 5.82 Å². The fraction of sp³-hybridized carbons (Fsp3) is 0.294. The standard InChI is InChI=1S/C17H19BrFNO/c1-12(2)20-10-13-4-3-5-14(8-13)11-21-15-6-7-16(18)17(19)9-15/h3-9,12,20H,10-11H2,1-2H3.